The number of hydrogen-bond donors (Lipinski definition) is 0. The molecule has 0 N–H and O–H groups in total. The van der Waals surface area contributed by atoms with Crippen LogP contribution in [0.4, 0.5) is 0 Å². The molecule has 0 aliphatic carbocycles. The average molecular weight is 783 g/mol. The van der Waals surface area contributed by atoms with E-state index >= 15 is 0 Å². The molecule has 0 rings (SSSR count). The normalized spacial score (nSPS) is 9.68. The monoisotopic (exact) mass is 783 g/mol. The van der Waals surface area contributed by atoms with Gasteiger partial charge in [0, 0.05) is 57.8 Å². The van der Waals surface area contributed by atoms with E-state index < -0.39 is 12.1 Å². The first kappa shape index (κ1) is 52.8. The van der Waals surface area contributed by atoms with E-state index in [0.717, 1.165) is 96.3 Å². The second kappa shape index (κ2) is 44.5. The first-order valence-electron chi connectivity index (χ1n) is 22.4. The number of unbranched alkanes of at least 4 members (excludes halogenated alkanes) is 21. The molecule has 314 valence electrons. The van der Waals surface area contributed by atoms with E-state index in [-0.39, 0.29) is 44.4 Å². The van der Waals surface area contributed by atoms with Crippen molar-refractivity contribution in [3.05, 3.63) is 0 Å². The highest BCUT2D eigenvalue weighted by atomic mass is 16.6. The Morgan fingerprint density at radius 2 is 0.614 bits per heavy atom. The molecule has 0 aromatic carbocycles. The van der Waals surface area contributed by atoms with E-state index in [1.165, 1.54) is 57.8 Å². The van der Waals surface area contributed by atoms with Crippen molar-refractivity contribution in [2.24, 2.45) is 0 Å². The first-order valence-corrected chi connectivity index (χ1v) is 22.4. The van der Waals surface area contributed by atoms with Crippen molar-refractivity contribution in [1.29, 1.82) is 0 Å². The molecule has 0 saturated heterocycles. The molecule has 0 aliphatic heterocycles. The lowest BCUT2D eigenvalue weighted by molar-refractivity contribution is -0.167. The van der Waals surface area contributed by atoms with Gasteiger partial charge in [0.2, 0.25) is 0 Å². The molecule has 0 aromatic rings. The quantitative estimate of drug-likeness (QED) is 0.0293. The van der Waals surface area contributed by atoms with Crippen LogP contribution in [-0.2, 0) is 28.6 Å². The molecule has 0 bridgehead atoms. The standard InChI is InChI=1S/C51H74O6/c1-4-7-10-13-16-19-22-25-28-31-34-37-40-43-49(52)55-46-48(57-51(54)45-42-39-36-33-30-27-24-21-18-15-12-9-6-3)47-56-50(53)44-41-38-35-32-29-26-23-20-17-14-11-8-5-2/h48H,4-18,31-47H2,1-3H3. The van der Waals surface area contributed by atoms with E-state index in [1.54, 1.807) is 0 Å². The number of esters is 3. The minimum absolute atomic E-state index is 0.157. The number of ether oxygens (including phenoxy) is 3. The largest absolute Gasteiger partial charge is 0.462 e. The molecule has 6 nitrogen and oxygen atoms in total. The highest BCUT2D eigenvalue weighted by molar-refractivity contribution is 5.71. The third kappa shape index (κ3) is 42.7. The fraction of sp³-hybridized carbons (Fsp3) is 0.706. The number of carbonyl (C=O) groups is 3. The minimum Gasteiger partial charge on any atom is -0.462 e. The molecule has 0 aromatic heterocycles. The van der Waals surface area contributed by atoms with Gasteiger partial charge in [0.25, 0.3) is 0 Å². The molecule has 0 unspecified atom stereocenters. The summed E-state index contributed by atoms with van der Waals surface area (Å²) in [6.45, 7) is 6.28. The lowest BCUT2D eigenvalue weighted by atomic mass is 10.1. The molecule has 0 saturated carbocycles. The summed E-state index contributed by atoms with van der Waals surface area (Å²) >= 11 is 0. The summed E-state index contributed by atoms with van der Waals surface area (Å²) in [5.41, 5.74) is 0. The summed E-state index contributed by atoms with van der Waals surface area (Å²) in [7, 11) is 0. The minimum atomic E-state index is -0.858. The van der Waals surface area contributed by atoms with E-state index in [1.807, 2.05) is 0 Å². The zero-order valence-corrected chi connectivity index (χ0v) is 36.2. The third-order valence-corrected chi connectivity index (χ3v) is 8.89. The smallest absolute Gasteiger partial charge is 0.306 e. The van der Waals surface area contributed by atoms with Gasteiger partial charge in [-0.3, -0.25) is 14.4 Å². The number of carbonyl (C=O) groups excluding carboxylic acids is 3. The van der Waals surface area contributed by atoms with Crippen LogP contribution in [0.2, 0.25) is 0 Å². The van der Waals surface area contributed by atoms with Gasteiger partial charge in [-0.2, -0.15) is 0 Å². The third-order valence-electron chi connectivity index (χ3n) is 8.89. The van der Waals surface area contributed by atoms with Crippen molar-refractivity contribution in [1.82, 2.24) is 0 Å². The Hall–Kier alpha value is -4.23. The van der Waals surface area contributed by atoms with Crippen molar-refractivity contribution in [3.8, 4) is 71.0 Å². The Balaban J connectivity index is 4.60. The highest BCUT2D eigenvalue weighted by Crippen LogP contribution is 2.10. The molecule has 0 amide bonds. The summed E-state index contributed by atoms with van der Waals surface area (Å²) in [6.07, 6.45) is 26.5. The Morgan fingerprint density at radius 3 is 0.895 bits per heavy atom. The fourth-order valence-corrected chi connectivity index (χ4v) is 5.42. The van der Waals surface area contributed by atoms with E-state index in [9.17, 15) is 14.4 Å². The molecule has 0 atom stereocenters. The van der Waals surface area contributed by atoms with Crippen molar-refractivity contribution >= 4 is 17.9 Å². The molecule has 0 spiro atoms. The fourth-order valence-electron chi connectivity index (χ4n) is 5.42. The van der Waals surface area contributed by atoms with Gasteiger partial charge in [-0.15, -0.1) is 0 Å². The Kier molecular flexibility index (Phi) is 41.2. The Labute approximate surface area is 349 Å². The number of hydrogen-bond acceptors (Lipinski definition) is 6. The number of rotatable bonds is 32. The van der Waals surface area contributed by atoms with Gasteiger partial charge in [-0.25, -0.2) is 0 Å². The maximum atomic E-state index is 12.7. The molecular formula is C51H74O6. The van der Waals surface area contributed by atoms with Crippen LogP contribution in [0.5, 0.6) is 0 Å². The first-order chi connectivity index (χ1) is 28.0. The van der Waals surface area contributed by atoms with Crippen LogP contribution in [0.1, 0.15) is 213 Å². The summed E-state index contributed by atoms with van der Waals surface area (Å²) in [6, 6.07) is 0. The molecular weight excluding hydrogens is 709 g/mol. The van der Waals surface area contributed by atoms with E-state index in [0.29, 0.717) is 19.3 Å². The van der Waals surface area contributed by atoms with Crippen LogP contribution in [0.3, 0.4) is 0 Å². The predicted octanol–water partition coefficient (Wildman–Crippen LogP) is 11.8. The van der Waals surface area contributed by atoms with E-state index in [4.69, 9.17) is 14.2 Å². The maximum Gasteiger partial charge on any atom is 0.306 e. The van der Waals surface area contributed by atoms with Crippen LogP contribution in [0.15, 0.2) is 0 Å². The molecule has 6 heteroatoms. The maximum absolute atomic E-state index is 12.7. The average Bonchev–Trinajstić information content (AvgIpc) is 3.21. The topological polar surface area (TPSA) is 78.9 Å². The van der Waals surface area contributed by atoms with Gasteiger partial charge in [-0.1, -0.05) is 133 Å². The van der Waals surface area contributed by atoms with Crippen molar-refractivity contribution in [2.45, 2.75) is 219 Å². The van der Waals surface area contributed by atoms with Gasteiger partial charge < -0.3 is 14.2 Å². The molecule has 0 fully saturated rings. The van der Waals surface area contributed by atoms with Crippen LogP contribution < -0.4 is 0 Å². The molecule has 0 aliphatic rings. The Morgan fingerprint density at radius 1 is 0.351 bits per heavy atom. The van der Waals surface area contributed by atoms with Gasteiger partial charge in [0.1, 0.15) is 13.2 Å². The van der Waals surface area contributed by atoms with Crippen LogP contribution >= 0.6 is 0 Å². The zero-order chi connectivity index (χ0) is 41.5. The van der Waals surface area contributed by atoms with Crippen LogP contribution in [0, 0.1) is 71.0 Å². The predicted molar refractivity (Wildman–Crippen MR) is 234 cm³/mol. The zero-order valence-electron chi connectivity index (χ0n) is 36.2. The van der Waals surface area contributed by atoms with Gasteiger partial charge in [0.15, 0.2) is 6.10 Å². The molecule has 57 heavy (non-hydrogen) atoms. The van der Waals surface area contributed by atoms with Crippen molar-refractivity contribution in [2.75, 3.05) is 13.2 Å². The van der Waals surface area contributed by atoms with Gasteiger partial charge in [-0.05, 0) is 93.3 Å². The van der Waals surface area contributed by atoms with Crippen LogP contribution in [-0.4, -0.2) is 37.2 Å². The van der Waals surface area contributed by atoms with Crippen LogP contribution in [0.25, 0.3) is 0 Å². The van der Waals surface area contributed by atoms with E-state index in [2.05, 4.69) is 91.8 Å². The van der Waals surface area contributed by atoms with Gasteiger partial charge >= 0.3 is 17.9 Å². The molecule has 0 radical (unpaired) electrons. The molecule has 0 heterocycles. The lowest BCUT2D eigenvalue weighted by Crippen LogP contribution is -2.30. The highest BCUT2D eigenvalue weighted by Gasteiger charge is 2.19. The lowest BCUT2D eigenvalue weighted by Gasteiger charge is -2.18. The summed E-state index contributed by atoms with van der Waals surface area (Å²) < 4.78 is 16.5. The summed E-state index contributed by atoms with van der Waals surface area (Å²) in [5.74, 6) is 34.9. The van der Waals surface area contributed by atoms with Gasteiger partial charge in [0.05, 0.1) is 0 Å². The van der Waals surface area contributed by atoms with Crippen molar-refractivity contribution in [3.63, 3.8) is 0 Å². The summed E-state index contributed by atoms with van der Waals surface area (Å²) in [4.78, 5) is 37.6. The Bertz CT molecular complexity index is 1350. The second-order valence-electron chi connectivity index (χ2n) is 14.4. The summed E-state index contributed by atoms with van der Waals surface area (Å²) in [5, 5.41) is 0. The van der Waals surface area contributed by atoms with Crippen molar-refractivity contribution < 1.29 is 28.6 Å². The second-order valence-corrected chi connectivity index (χ2v) is 14.4. The SMILES string of the molecule is CCCCCCC#CC#CCCCCCC(=O)OCC(COC(=O)CCCCCC#CC#CCCCCCC)OC(=O)CCCCCC#CC#CCCCCCC.